The van der Waals surface area contributed by atoms with Gasteiger partial charge in [0.15, 0.2) is 0 Å². The predicted molar refractivity (Wildman–Crippen MR) is 80.8 cm³/mol. The molecule has 0 spiro atoms. The number of aliphatic hydroxyl groups is 1. The van der Waals surface area contributed by atoms with Crippen LogP contribution in [0.15, 0.2) is 24.3 Å². The van der Waals surface area contributed by atoms with Crippen molar-refractivity contribution in [1.29, 1.82) is 0 Å². The van der Waals surface area contributed by atoms with Crippen molar-refractivity contribution in [2.45, 2.75) is 38.3 Å². The first-order valence-electron chi connectivity index (χ1n) is 7.50. The van der Waals surface area contributed by atoms with Gasteiger partial charge in [0.05, 0.1) is 6.61 Å². The summed E-state index contributed by atoms with van der Waals surface area (Å²) < 4.78 is 5.79. The maximum absolute atomic E-state index is 12.0. The van der Waals surface area contributed by atoms with Crippen molar-refractivity contribution in [3.05, 3.63) is 29.8 Å². The fourth-order valence-corrected chi connectivity index (χ4v) is 2.49. The van der Waals surface area contributed by atoms with Crippen LogP contribution < -0.4 is 15.8 Å². The molecule has 1 aliphatic rings. The molecule has 1 saturated carbocycles. The standard InChI is InChI=1S/C16H24N2O3/c1-2-9-18-16(15(17)20,13-5-6-13)11-21-14-7-3-12(10-19)4-8-14/h3-4,7-8,13,18-19H,2,5-6,9-11H2,1H3,(H2,17,20). The molecule has 1 aliphatic carbocycles. The van der Waals surface area contributed by atoms with E-state index < -0.39 is 5.54 Å². The lowest BCUT2D eigenvalue weighted by Crippen LogP contribution is -2.61. The topological polar surface area (TPSA) is 84.6 Å². The lowest BCUT2D eigenvalue weighted by atomic mass is 9.93. The summed E-state index contributed by atoms with van der Waals surface area (Å²) in [6.07, 6.45) is 2.95. The van der Waals surface area contributed by atoms with Crippen molar-refractivity contribution in [2.24, 2.45) is 11.7 Å². The summed E-state index contributed by atoms with van der Waals surface area (Å²) in [6.45, 7) is 3.05. The summed E-state index contributed by atoms with van der Waals surface area (Å²) in [4.78, 5) is 12.0. The van der Waals surface area contributed by atoms with Gasteiger partial charge in [-0.05, 0) is 49.4 Å². The summed E-state index contributed by atoms with van der Waals surface area (Å²) in [5.74, 6) is 0.598. The minimum Gasteiger partial charge on any atom is -0.491 e. The third kappa shape index (κ3) is 3.74. The van der Waals surface area contributed by atoms with E-state index in [1.165, 1.54) is 0 Å². The van der Waals surface area contributed by atoms with Gasteiger partial charge < -0.3 is 20.9 Å². The smallest absolute Gasteiger partial charge is 0.241 e. The first-order chi connectivity index (χ1) is 10.1. The van der Waals surface area contributed by atoms with Crippen LogP contribution in [-0.4, -0.2) is 29.7 Å². The zero-order valence-corrected chi connectivity index (χ0v) is 12.5. The van der Waals surface area contributed by atoms with Crippen molar-refractivity contribution < 1.29 is 14.6 Å². The van der Waals surface area contributed by atoms with Crippen molar-refractivity contribution in [3.8, 4) is 5.75 Å². The maximum atomic E-state index is 12.0. The van der Waals surface area contributed by atoms with Gasteiger partial charge in [-0.2, -0.15) is 0 Å². The van der Waals surface area contributed by atoms with E-state index >= 15 is 0 Å². The molecule has 1 aromatic carbocycles. The number of carbonyl (C=O) groups is 1. The molecule has 5 heteroatoms. The van der Waals surface area contributed by atoms with Gasteiger partial charge in [-0.1, -0.05) is 19.1 Å². The highest BCUT2D eigenvalue weighted by molar-refractivity contribution is 5.85. The Hall–Kier alpha value is -1.59. The Morgan fingerprint density at radius 1 is 1.43 bits per heavy atom. The average Bonchev–Trinajstić information content (AvgIpc) is 3.33. The lowest BCUT2D eigenvalue weighted by Gasteiger charge is -2.31. The first-order valence-corrected chi connectivity index (χ1v) is 7.50. The summed E-state index contributed by atoms with van der Waals surface area (Å²) in [5, 5.41) is 12.3. The van der Waals surface area contributed by atoms with Crippen LogP contribution in [0, 0.1) is 5.92 Å². The third-order valence-corrected chi connectivity index (χ3v) is 3.98. The van der Waals surface area contributed by atoms with Crippen LogP contribution >= 0.6 is 0 Å². The Morgan fingerprint density at radius 2 is 2.10 bits per heavy atom. The van der Waals surface area contributed by atoms with Crippen LogP contribution in [0.3, 0.4) is 0 Å². The Bertz CT molecular complexity index is 471. The Balaban J connectivity index is 2.05. The van der Waals surface area contributed by atoms with Gasteiger partial charge in [0, 0.05) is 0 Å². The van der Waals surface area contributed by atoms with E-state index in [1.807, 2.05) is 0 Å². The van der Waals surface area contributed by atoms with E-state index in [-0.39, 0.29) is 25.0 Å². The monoisotopic (exact) mass is 292 g/mol. The second-order valence-electron chi connectivity index (χ2n) is 5.63. The molecule has 116 valence electrons. The number of primary amides is 1. The summed E-state index contributed by atoms with van der Waals surface area (Å²) >= 11 is 0. The lowest BCUT2D eigenvalue weighted by molar-refractivity contribution is -0.126. The van der Waals surface area contributed by atoms with E-state index in [1.54, 1.807) is 24.3 Å². The second-order valence-corrected chi connectivity index (χ2v) is 5.63. The number of benzene rings is 1. The molecule has 0 aromatic heterocycles. The summed E-state index contributed by atoms with van der Waals surface area (Å²) in [7, 11) is 0. The zero-order chi connectivity index (χ0) is 15.3. The van der Waals surface area contributed by atoms with Gasteiger partial charge >= 0.3 is 0 Å². The fourth-order valence-electron chi connectivity index (χ4n) is 2.49. The molecule has 0 radical (unpaired) electrons. The number of rotatable bonds is 9. The third-order valence-electron chi connectivity index (χ3n) is 3.98. The second kappa shape index (κ2) is 6.91. The molecule has 1 aromatic rings. The van der Waals surface area contributed by atoms with E-state index in [0.717, 1.165) is 31.4 Å². The molecule has 1 amide bonds. The highest BCUT2D eigenvalue weighted by Crippen LogP contribution is 2.40. The van der Waals surface area contributed by atoms with Crippen LogP contribution in [0.5, 0.6) is 5.75 Å². The number of carbonyl (C=O) groups excluding carboxylic acids is 1. The van der Waals surface area contributed by atoms with E-state index in [2.05, 4.69) is 12.2 Å². The highest BCUT2D eigenvalue weighted by Gasteiger charge is 2.50. The molecule has 0 saturated heterocycles. The highest BCUT2D eigenvalue weighted by atomic mass is 16.5. The molecule has 0 bridgehead atoms. The molecule has 1 unspecified atom stereocenters. The van der Waals surface area contributed by atoms with Crippen molar-refractivity contribution in [2.75, 3.05) is 13.2 Å². The SMILES string of the molecule is CCCNC(COc1ccc(CO)cc1)(C(N)=O)C1CC1. The molecule has 2 rings (SSSR count). The van der Waals surface area contributed by atoms with Crippen LogP contribution in [0.1, 0.15) is 31.7 Å². The normalized spacial score (nSPS) is 17.2. The summed E-state index contributed by atoms with van der Waals surface area (Å²) in [6, 6.07) is 7.20. The molecule has 4 N–H and O–H groups in total. The van der Waals surface area contributed by atoms with Crippen LogP contribution in [0.4, 0.5) is 0 Å². The van der Waals surface area contributed by atoms with Gasteiger partial charge in [-0.3, -0.25) is 4.79 Å². The molecular formula is C16H24N2O3. The number of amides is 1. The van der Waals surface area contributed by atoms with Crippen molar-refractivity contribution >= 4 is 5.91 Å². The summed E-state index contributed by atoms with van der Waals surface area (Å²) in [5.41, 5.74) is 5.71. The van der Waals surface area contributed by atoms with Crippen LogP contribution in [0.2, 0.25) is 0 Å². The zero-order valence-electron chi connectivity index (χ0n) is 12.5. The number of nitrogens with two attached hydrogens (primary N) is 1. The van der Waals surface area contributed by atoms with E-state index in [4.69, 9.17) is 15.6 Å². The quantitative estimate of drug-likeness (QED) is 0.638. The Kier molecular flexibility index (Phi) is 5.20. The van der Waals surface area contributed by atoms with Gasteiger partial charge in [0.25, 0.3) is 0 Å². The molecular weight excluding hydrogens is 268 g/mol. The molecule has 21 heavy (non-hydrogen) atoms. The van der Waals surface area contributed by atoms with Crippen molar-refractivity contribution in [1.82, 2.24) is 5.32 Å². The number of ether oxygens (including phenoxy) is 1. The number of hydrogen-bond acceptors (Lipinski definition) is 4. The molecule has 0 heterocycles. The average molecular weight is 292 g/mol. The minimum absolute atomic E-state index is 0.00559. The van der Waals surface area contributed by atoms with Gasteiger partial charge in [0.2, 0.25) is 5.91 Å². The Labute approximate surface area is 125 Å². The van der Waals surface area contributed by atoms with Crippen LogP contribution in [0.25, 0.3) is 0 Å². The molecule has 5 nitrogen and oxygen atoms in total. The largest absolute Gasteiger partial charge is 0.491 e. The first kappa shape index (κ1) is 15.8. The number of hydrogen-bond donors (Lipinski definition) is 3. The van der Waals surface area contributed by atoms with Gasteiger partial charge in [0.1, 0.15) is 17.9 Å². The van der Waals surface area contributed by atoms with Crippen molar-refractivity contribution in [3.63, 3.8) is 0 Å². The van der Waals surface area contributed by atoms with E-state index in [0.29, 0.717) is 5.75 Å². The van der Waals surface area contributed by atoms with Gasteiger partial charge in [-0.15, -0.1) is 0 Å². The molecule has 1 fully saturated rings. The minimum atomic E-state index is -0.772. The van der Waals surface area contributed by atoms with Crippen LogP contribution in [-0.2, 0) is 11.4 Å². The Morgan fingerprint density at radius 3 is 2.57 bits per heavy atom. The predicted octanol–water partition coefficient (Wildman–Crippen LogP) is 1.19. The fraction of sp³-hybridized carbons (Fsp3) is 0.562. The molecule has 0 aliphatic heterocycles. The molecule has 1 atom stereocenters. The number of aliphatic hydroxyl groups excluding tert-OH is 1. The van der Waals surface area contributed by atoms with Gasteiger partial charge in [-0.25, -0.2) is 0 Å². The maximum Gasteiger partial charge on any atom is 0.241 e. The van der Waals surface area contributed by atoms with E-state index in [9.17, 15) is 4.79 Å². The number of nitrogens with one attached hydrogen (secondary N) is 1.